The number of carbonyl (C=O) groups is 1. The molecule has 0 spiro atoms. The lowest BCUT2D eigenvalue weighted by molar-refractivity contribution is -0.274. The average Bonchev–Trinajstić information content (AvgIpc) is 3.15. The molecule has 2 rings (SSSR count). The zero-order valence-electron chi connectivity index (χ0n) is 11.4. The van der Waals surface area contributed by atoms with E-state index in [0.717, 1.165) is 0 Å². The van der Waals surface area contributed by atoms with E-state index in [0.29, 0.717) is 12.0 Å². The maximum absolute atomic E-state index is 12.3. The Kier molecular flexibility index (Phi) is 4.41. The monoisotopic (exact) mass is 303 g/mol. The summed E-state index contributed by atoms with van der Waals surface area (Å²) in [5.74, 6) is -1.18. The molecule has 1 saturated carbocycles. The number of carbonyl (C=O) groups excluding carboxylic acids is 1. The molecule has 0 heterocycles. The number of ether oxygens (including phenoxy) is 1. The number of aliphatic hydroxyl groups excluding tert-OH is 1. The maximum Gasteiger partial charge on any atom is 0.573 e. The fourth-order valence-corrected chi connectivity index (χ4v) is 2.21. The third kappa shape index (κ3) is 4.35. The summed E-state index contributed by atoms with van der Waals surface area (Å²) in [6.45, 7) is 1.67. The van der Waals surface area contributed by atoms with Crippen molar-refractivity contribution < 1.29 is 27.8 Å². The molecule has 4 nitrogen and oxygen atoms in total. The normalized spacial score (nSPS) is 22.5. The first-order valence-corrected chi connectivity index (χ1v) is 6.58. The Labute approximate surface area is 119 Å². The maximum atomic E-state index is 12.3. The van der Waals surface area contributed by atoms with E-state index >= 15 is 0 Å². The molecular weight excluding hydrogens is 287 g/mol. The van der Waals surface area contributed by atoms with E-state index in [9.17, 15) is 18.0 Å². The number of halogens is 3. The van der Waals surface area contributed by atoms with Crippen LogP contribution in [0, 0.1) is 5.92 Å². The van der Waals surface area contributed by atoms with Gasteiger partial charge in [0, 0.05) is 12.5 Å². The third-order valence-electron chi connectivity index (χ3n) is 3.24. The van der Waals surface area contributed by atoms with Crippen molar-refractivity contribution in [2.24, 2.45) is 5.92 Å². The standard InChI is InChI=1S/C14H16F3NO3/c1-8(19)7-18-13(20)11-6-10(11)9-4-2-3-5-12(9)21-14(15,16)17/h2-5,8,10-11,19H,6-7H2,1H3,(H,18,20). The number of amides is 1. The zero-order valence-corrected chi connectivity index (χ0v) is 11.4. The average molecular weight is 303 g/mol. The Hall–Kier alpha value is -1.76. The van der Waals surface area contributed by atoms with Gasteiger partial charge < -0.3 is 15.2 Å². The van der Waals surface area contributed by atoms with Crippen molar-refractivity contribution in [3.63, 3.8) is 0 Å². The van der Waals surface area contributed by atoms with Gasteiger partial charge >= 0.3 is 6.36 Å². The van der Waals surface area contributed by atoms with Gasteiger partial charge in [-0.15, -0.1) is 13.2 Å². The topological polar surface area (TPSA) is 58.6 Å². The number of para-hydroxylation sites is 1. The van der Waals surface area contributed by atoms with Gasteiger partial charge in [0.1, 0.15) is 5.75 Å². The molecule has 1 fully saturated rings. The van der Waals surface area contributed by atoms with Gasteiger partial charge in [0.05, 0.1) is 6.10 Å². The van der Waals surface area contributed by atoms with Crippen LogP contribution in [0.25, 0.3) is 0 Å². The molecule has 0 saturated heterocycles. The third-order valence-corrected chi connectivity index (χ3v) is 3.24. The molecule has 116 valence electrons. The second-order valence-corrected chi connectivity index (χ2v) is 5.13. The first-order chi connectivity index (χ1) is 9.78. The molecule has 2 N–H and O–H groups in total. The predicted molar refractivity (Wildman–Crippen MR) is 68.7 cm³/mol. The number of benzene rings is 1. The van der Waals surface area contributed by atoms with Crippen LogP contribution in [0.1, 0.15) is 24.8 Å². The second-order valence-electron chi connectivity index (χ2n) is 5.13. The van der Waals surface area contributed by atoms with Crippen molar-refractivity contribution in [3.05, 3.63) is 29.8 Å². The molecule has 1 aromatic carbocycles. The van der Waals surface area contributed by atoms with Gasteiger partial charge in [-0.3, -0.25) is 4.79 Å². The van der Waals surface area contributed by atoms with Crippen molar-refractivity contribution in [3.8, 4) is 5.75 Å². The first-order valence-electron chi connectivity index (χ1n) is 6.58. The van der Waals surface area contributed by atoms with Crippen LogP contribution in [0.15, 0.2) is 24.3 Å². The summed E-state index contributed by atoms with van der Waals surface area (Å²) < 4.78 is 41.0. The van der Waals surface area contributed by atoms with Crippen LogP contribution < -0.4 is 10.1 Å². The van der Waals surface area contributed by atoms with Crippen molar-refractivity contribution >= 4 is 5.91 Å². The molecule has 1 aliphatic rings. The smallest absolute Gasteiger partial charge is 0.405 e. The highest BCUT2D eigenvalue weighted by Crippen LogP contribution is 2.50. The lowest BCUT2D eigenvalue weighted by atomic mass is 10.1. The van der Waals surface area contributed by atoms with Gasteiger partial charge in [0.25, 0.3) is 0 Å². The summed E-state index contributed by atoms with van der Waals surface area (Å²) in [6, 6.07) is 5.84. The highest BCUT2D eigenvalue weighted by atomic mass is 19.4. The molecule has 0 bridgehead atoms. The minimum atomic E-state index is -4.75. The van der Waals surface area contributed by atoms with Crippen LogP contribution in [0.5, 0.6) is 5.75 Å². The Morgan fingerprint density at radius 2 is 2.14 bits per heavy atom. The van der Waals surface area contributed by atoms with E-state index in [4.69, 9.17) is 5.11 Å². The highest BCUT2D eigenvalue weighted by molar-refractivity contribution is 5.83. The van der Waals surface area contributed by atoms with E-state index in [1.54, 1.807) is 6.07 Å². The van der Waals surface area contributed by atoms with Crippen LogP contribution in [0.2, 0.25) is 0 Å². The summed E-state index contributed by atoms with van der Waals surface area (Å²) in [7, 11) is 0. The molecule has 1 amide bonds. The van der Waals surface area contributed by atoms with Gasteiger partial charge in [-0.2, -0.15) is 0 Å². The van der Waals surface area contributed by atoms with Gasteiger partial charge in [0.2, 0.25) is 5.91 Å². The zero-order chi connectivity index (χ0) is 15.6. The Morgan fingerprint density at radius 3 is 2.76 bits per heavy atom. The van der Waals surface area contributed by atoms with E-state index in [1.807, 2.05) is 0 Å². The molecule has 7 heteroatoms. The fourth-order valence-electron chi connectivity index (χ4n) is 2.21. The van der Waals surface area contributed by atoms with Crippen molar-refractivity contribution in [2.75, 3.05) is 6.54 Å². The summed E-state index contributed by atoms with van der Waals surface area (Å²) in [5.41, 5.74) is 0.382. The van der Waals surface area contributed by atoms with Gasteiger partial charge in [0.15, 0.2) is 0 Å². The Morgan fingerprint density at radius 1 is 1.48 bits per heavy atom. The van der Waals surface area contributed by atoms with Gasteiger partial charge in [-0.05, 0) is 30.9 Å². The number of rotatable bonds is 5. The van der Waals surface area contributed by atoms with Crippen LogP contribution >= 0.6 is 0 Å². The number of hydrogen-bond acceptors (Lipinski definition) is 3. The number of aliphatic hydroxyl groups is 1. The second kappa shape index (κ2) is 5.93. The van der Waals surface area contributed by atoms with Crippen LogP contribution in [0.3, 0.4) is 0 Å². The van der Waals surface area contributed by atoms with Gasteiger partial charge in [-0.25, -0.2) is 0 Å². The van der Waals surface area contributed by atoms with E-state index in [2.05, 4.69) is 10.1 Å². The molecule has 3 unspecified atom stereocenters. The van der Waals surface area contributed by atoms with Crippen molar-refractivity contribution in [1.29, 1.82) is 0 Å². The lowest BCUT2D eigenvalue weighted by Gasteiger charge is -2.13. The van der Waals surface area contributed by atoms with Crippen molar-refractivity contribution in [2.45, 2.75) is 31.7 Å². The van der Waals surface area contributed by atoms with E-state index in [1.165, 1.54) is 25.1 Å². The molecule has 21 heavy (non-hydrogen) atoms. The number of alkyl halides is 3. The van der Waals surface area contributed by atoms with Crippen LogP contribution in [-0.4, -0.2) is 30.0 Å². The summed E-state index contributed by atoms with van der Waals surface area (Å²) in [6.07, 6.45) is -4.94. The molecule has 3 atom stereocenters. The fraction of sp³-hybridized carbons (Fsp3) is 0.500. The van der Waals surface area contributed by atoms with Crippen LogP contribution in [0.4, 0.5) is 13.2 Å². The molecule has 0 aromatic heterocycles. The SMILES string of the molecule is CC(O)CNC(=O)C1CC1c1ccccc1OC(F)(F)F. The molecule has 1 aromatic rings. The largest absolute Gasteiger partial charge is 0.573 e. The van der Waals surface area contributed by atoms with Gasteiger partial charge in [-0.1, -0.05) is 18.2 Å². The quantitative estimate of drug-likeness (QED) is 0.876. The summed E-state index contributed by atoms with van der Waals surface area (Å²) in [5, 5.41) is 11.7. The lowest BCUT2D eigenvalue weighted by Crippen LogP contribution is -2.32. The number of nitrogens with one attached hydrogen (secondary N) is 1. The molecule has 0 radical (unpaired) electrons. The highest BCUT2D eigenvalue weighted by Gasteiger charge is 2.46. The Bertz CT molecular complexity index is 516. The van der Waals surface area contributed by atoms with E-state index < -0.39 is 12.5 Å². The molecule has 1 aliphatic carbocycles. The minimum Gasteiger partial charge on any atom is -0.405 e. The molecule has 0 aliphatic heterocycles. The Balaban J connectivity index is 2.03. The van der Waals surface area contributed by atoms with Crippen LogP contribution in [-0.2, 0) is 4.79 Å². The summed E-state index contributed by atoms with van der Waals surface area (Å²) in [4.78, 5) is 11.8. The molecular formula is C14H16F3NO3. The minimum absolute atomic E-state index is 0.128. The number of hydrogen-bond donors (Lipinski definition) is 2. The predicted octanol–water partition coefficient (Wildman–Crippen LogP) is 2.19. The summed E-state index contributed by atoms with van der Waals surface area (Å²) >= 11 is 0. The van der Waals surface area contributed by atoms with E-state index in [-0.39, 0.29) is 30.0 Å². The van der Waals surface area contributed by atoms with Crippen molar-refractivity contribution in [1.82, 2.24) is 5.32 Å². The first kappa shape index (κ1) is 15.6.